The molecular weight excluding hydrogens is 346 g/mol. The van der Waals surface area contributed by atoms with Crippen molar-refractivity contribution in [2.24, 2.45) is 13.0 Å². The van der Waals surface area contributed by atoms with E-state index < -0.39 is 0 Å². The molecule has 1 heterocycles. The van der Waals surface area contributed by atoms with Crippen molar-refractivity contribution in [3.8, 4) is 0 Å². The van der Waals surface area contributed by atoms with Crippen LogP contribution in [0.2, 0.25) is 0 Å². The summed E-state index contributed by atoms with van der Waals surface area (Å²) in [6.07, 6.45) is 12.2. The van der Waals surface area contributed by atoms with Crippen LogP contribution in [0.15, 0.2) is 30.5 Å². The van der Waals surface area contributed by atoms with Crippen LogP contribution in [-0.2, 0) is 7.05 Å². The molecule has 0 aromatic carbocycles. The van der Waals surface area contributed by atoms with Gasteiger partial charge in [0.15, 0.2) is 6.20 Å². The third kappa shape index (κ3) is 7.73. The van der Waals surface area contributed by atoms with E-state index in [-0.39, 0.29) is 0 Å². The Morgan fingerprint density at radius 3 is 2.68 bits per heavy atom. The quantitative estimate of drug-likeness (QED) is 0.380. The molecule has 1 N–H and O–H groups in total. The summed E-state index contributed by atoms with van der Waals surface area (Å²) in [6, 6.07) is 7.15. The minimum atomic E-state index is 0.747. The molecule has 1 saturated carbocycles. The van der Waals surface area contributed by atoms with Crippen molar-refractivity contribution in [2.45, 2.75) is 31.7 Å². The van der Waals surface area contributed by atoms with Crippen molar-refractivity contribution in [3.63, 3.8) is 0 Å². The number of rotatable bonds is 10. The van der Waals surface area contributed by atoms with Gasteiger partial charge >= 0.3 is 0 Å². The molecule has 0 unspecified atom stereocenters. The third-order valence-corrected chi connectivity index (χ3v) is 7.43. The molecule has 5 heteroatoms. The molecule has 1 aliphatic rings. The van der Waals surface area contributed by atoms with Crippen LogP contribution in [-0.4, -0.2) is 49.6 Å². The molecule has 0 amide bonds. The molecule has 0 saturated heterocycles. The van der Waals surface area contributed by atoms with Crippen LogP contribution in [0.3, 0.4) is 0 Å². The molecule has 1 aliphatic carbocycles. The molecule has 25 heavy (non-hydrogen) atoms. The molecule has 1 aromatic rings. The molecule has 0 bridgehead atoms. The highest BCUT2D eigenvalue weighted by molar-refractivity contribution is 8.76. The number of nitrogens with zero attached hydrogens (tertiary/aromatic N) is 2. The zero-order valence-corrected chi connectivity index (χ0v) is 17.6. The summed E-state index contributed by atoms with van der Waals surface area (Å²) >= 11 is 0. The summed E-state index contributed by atoms with van der Waals surface area (Å²) < 4.78 is 2.18. The van der Waals surface area contributed by atoms with Crippen LogP contribution in [0, 0.1) is 5.92 Å². The highest BCUT2D eigenvalue weighted by Gasteiger charge is 2.22. The SMILES string of the molecule is CNCCSSCCN(C)C1CCC(C=Cc2cccc[n+]2C)CC1. The normalized spacial score (nSPS) is 21.3. The first-order valence-corrected chi connectivity index (χ1v) is 11.9. The fourth-order valence-electron chi connectivity index (χ4n) is 3.30. The second-order valence-electron chi connectivity index (χ2n) is 6.89. The van der Waals surface area contributed by atoms with Gasteiger partial charge in [-0.15, -0.1) is 0 Å². The van der Waals surface area contributed by atoms with Crippen LogP contribution >= 0.6 is 21.6 Å². The highest BCUT2D eigenvalue weighted by atomic mass is 33.1. The predicted octanol–water partition coefficient (Wildman–Crippen LogP) is 3.62. The van der Waals surface area contributed by atoms with E-state index in [1.807, 2.05) is 28.6 Å². The standard InChI is InChI=1S/C20H34N3S2/c1-21-13-16-24-25-17-15-23(3)20-11-8-18(9-12-20)7-10-19-6-4-5-14-22(19)2/h4-7,10,14,18,20-21H,8-9,11-13,15-17H2,1-3H3/q+1. The number of aryl methyl sites for hydroxylation is 1. The Bertz CT molecular complexity index is 513. The van der Waals surface area contributed by atoms with Crippen molar-refractivity contribution in [3.05, 3.63) is 36.2 Å². The molecule has 0 radical (unpaired) electrons. The Morgan fingerprint density at radius 2 is 1.96 bits per heavy atom. The van der Waals surface area contributed by atoms with Crippen molar-refractivity contribution >= 4 is 27.7 Å². The lowest BCUT2D eigenvalue weighted by atomic mass is 9.85. The van der Waals surface area contributed by atoms with E-state index >= 15 is 0 Å². The second kappa shape index (κ2) is 12.0. The summed E-state index contributed by atoms with van der Waals surface area (Å²) in [5.41, 5.74) is 1.29. The van der Waals surface area contributed by atoms with Crippen molar-refractivity contribution in [1.82, 2.24) is 10.2 Å². The first-order chi connectivity index (χ1) is 12.2. The van der Waals surface area contributed by atoms with E-state index in [2.05, 4.69) is 65.4 Å². The fraction of sp³-hybridized carbons (Fsp3) is 0.650. The maximum atomic E-state index is 3.20. The Balaban J connectivity index is 1.64. The lowest BCUT2D eigenvalue weighted by molar-refractivity contribution is -0.673. The highest BCUT2D eigenvalue weighted by Crippen LogP contribution is 2.29. The summed E-state index contributed by atoms with van der Waals surface area (Å²) in [7, 11) is 10.4. The van der Waals surface area contributed by atoms with Crippen LogP contribution < -0.4 is 9.88 Å². The Hall–Kier alpha value is -0.490. The number of pyridine rings is 1. The van der Waals surface area contributed by atoms with Gasteiger partial charge in [0, 0.05) is 48.8 Å². The van der Waals surface area contributed by atoms with E-state index in [1.54, 1.807) is 0 Å². The first kappa shape index (κ1) is 20.8. The van der Waals surface area contributed by atoms with Crippen LogP contribution in [0.4, 0.5) is 0 Å². The van der Waals surface area contributed by atoms with E-state index in [0.29, 0.717) is 0 Å². The molecule has 1 fully saturated rings. The lowest BCUT2D eigenvalue weighted by Crippen LogP contribution is -2.36. The van der Waals surface area contributed by atoms with Crippen LogP contribution in [0.1, 0.15) is 31.4 Å². The first-order valence-electron chi connectivity index (χ1n) is 9.43. The largest absolute Gasteiger partial charge is 0.319 e. The van der Waals surface area contributed by atoms with Crippen molar-refractivity contribution in [2.75, 3.05) is 38.7 Å². The van der Waals surface area contributed by atoms with E-state index in [4.69, 9.17) is 0 Å². The molecule has 140 valence electrons. The zero-order valence-electron chi connectivity index (χ0n) is 16.0. The average molecular weight is 381 g/mol. The van der Waals surface area contributed by atoms with E-state index in [9.17, 15) is 0 Å². The van der Waals surface area contributed by atoms with Gasteiger partial charge in [-0.1, -0.05) is 27.7 Å². The van der Waals surface area contributed by atoms with Gasteiger partial charge in [0.05, 0.1) is 0 Å². The van der Waals surface area contributed by atoms with Gasteiger partial charge in [0.1, 0.15) is 7.05 Å². The molecule has 0 spiro atoms. The molecular formula is C20H34N3S2+. The minimum Gasteiger partial charge on any atom is -0.319 e. The molecule has 2 rings (SSSR count). The smallest absolute Gasteiger partial charge is 0.204 e. The van der Waals surface area contributed by atoms with Gasteiger partial charge in [-0.25, -0.2) is 4.57 Å². The monoisotopic (exact) mass is 380 g/mol. The topological polar surface area (TPSA) is 19.1 Å². The van der Waals surface area contributed by atoms with Gasteiger partial charge in [-0.05, 0) is 51.8 Å². The van der Waals surface area contributed by atoms with Crippen molar-refractivity contribution in [1.29, 1.82) is 0 Å². The number of nitrogens with one attached hydrogen (secondary N) is 1. The van der Waals surface area contributed by atoms with Gasteiger partial charge < -0.3 is 10.2 Å². The van der Waals surface area contributed by atoms with Gasteiger partial charge in [-0.3, -0.25) is 0 Å². The summed E-state index contributed by atoms with van der Waals surface area (Å²) in [6.45, 7) is 2.31. The fourth-order valence-corrected chi connectivity index (χ4v) is 5.37. The minimum absolute atomic E-state index is 0.747. The number of hydrogen-bond acceptors (Lipinski definition) is 4. The Morgan fingerprint density at radius 1 is 1.20 bits per heavy atom. The van der Waals surface area contributed by atoms with Crippen LogP contribution in [0.25, 0.3) is 6.08 Å². The van der Waals surface area contributed by atoms with Gasteiger partial charge in [-0.2, -0.15) is 0 Å². The maximum Gasteiger partial charge on any atom is 0.204 e. The summed E-state index contributed by atoms with van der Waals surface area (Å²) in [5, 5.41) is 3.20. The Kier molecular flexibility index (Phi) is 9.99. The second-order valence-corrected chi connectivity index (χ2v) is 9.59. The predicted molar refractivity (Wildman–Crippen MR) is 114 cm³/mol. The number of hydrogen-bond donors (Lipinski definition) is 1. The molecule has 0 atom stereocenters. The number of allylic oxidation sites excluding steroid dienone is 1. The van der Waals surface area contributed by atoms with Gasteiger partial charge in [0.25, 0.3) is 0 Å². The van der Waals surface area contributed by atoms with E-state index in [0.717, 1.165) is 18.5 Å². The third-order valence-electron chi connectivity index (χ3n) is 5.04. The van der Waals surface area contributed by atoms with E-state index in [1.165, 1.54) is 49.4 Å². The average Bonchev–Trinajstić information content (AvgIpc) is 2.64. The molecule has 3 nitrogen and oxygen atoms in total. The van der Waals surface area contributed by atoms with Crippen molar-refractivity contribution < 1.29 is 4.57 Å². The molecule has 0 aliphatic heterocycles. The summed E-state index contributed by atoms with van der Waals surface area (Å²) in [5.74, 6) is 3.17. The maximum absolute atomic E-state index is 3.20. The van der Waals surface area contributed by atoms with Crippen LogP contribution in [0.5, 0.6) is 0 Å². The lowest BCUT2D eigenvalue weighted by Gasteiger charge is -2.33. The Labute approximate surface area is 162 Å². The summed E-state index contributed by atoms with van der Waals surface area (Å²) in [4.78, 5) is 2.59. The number of aromatic nitrogens is 1. The molecule has 1 aromatic heterocycles. The zero-order chi connectivity index (χ0) is 17.9. The van der Waals surface area contributed by atoms with Gasteiger partial charge in [0.2, 0.25) is 5.69 Å².